The molecular formula is C29H26FN3O4. The van der Waals surface area contributed by atoms with Crippen LogP contribution >= 0.6 is 0 Å². The molecule has 0 aliphatic heterocycles. The maximum Gasteiger partial charge on any atom is 0.255 e. The van der Waals surface area contributed by atoms with Gasteiger partial charge in [-0.3, -0.25) is 14.4 Å². The molecule has 5 rings (SSSR count). The molecule has 1 heterocycles. The second kappa shape index (κ2) is 9.89. The molecule has 0 radical (unpaired) electrons. The average molecular weight is 500 g/mol. The van der Waals surface area contributed by atoms with Gasteiger partial charge in [0.2, 0.25) is 5.91 Å². The smallest absolute Gasteiger partial charge is 0.255 e. The molecule has 3 aromatic carbocycles. The number of amides is 3. The van der Waals surface area contributed by atoms with Crippen molar-refractivity contribution in [2.75, 3.05) is 7.05 Å². The summed E-state index contributed by atoms with van der Waals surface area (Å²) < 4.78 is 19.5. The van der Waals surface area contributed by atoms with Crippen LogP contribution in [0.5, 0.6) is 0 Å². The van der Waals surface area contributed by atoms with Crippen LogP contribution in [0.4, 0.5) is 4.39 Å². The molecule has 0 bridgehead atoms. The summed E-state index contributed by atoms with van der Waals surface area (Å²) in [6, 6.07) is 18.1. The van der Waals surface area contributed by atoms with Gasteiger partial charge in [-0.05, 0) is 72.5 Å². The molecule has 1 aromatic heterocycles. The fourth-order valence-corrected chi connectivity index (χ4v) is 5.00. The number of halogens is 1. The van der Waals surface area contributed by atoms with Crippen LogP contribution in [0.25, 0.3) is 33.4 Å². The highest BCUT2D eigenvalue weighted by Gasteiger charge is 2.32. The quantitative estimate of drug-likeness (QED) is 0.358. The molecular weight excluding hydrogens is 473 g/mol. The zero-order valence-corrected chi connectivity index (χ0v) is 20.2. The van der Waals surface area contributed by atoms with Gasteiger partial charge in [-0.15, -0.1) is 0 Å². The van der Waals surface area contributed by atoms with E-state index >= 15 is 0 Å². The minimum atomic E-state index is -0.392. The summed E-state index contributed by atoms with van der Waals surface area (Å²) in [5, 5.41) is 6.21. The minimum absolute atomic E-state index is 0.268. The van der Waals surface area contributed by atoms with E-state index in [9.17, 15) is 18.8 Å². The zero-order chi connectivity index (χ0) is 26.1. The van der Waals surface area contributed by atoms with Crippen molar-refractivity contribution >= 4 is 28.7 Å². The molecule has 1 saturated carbocycles. The molecule has 1 aliphatic rings. The predicted molar refractivity (Wildman–Crippen MR) is 138 cm³/mol. The van der Waals surface area contributed by atoms with E-state index in [1.807, 2.05) is 18.2 Å². The van der Waals surface area contributed by atoms with E-state index in [0.717, 1.165) is 24.0 Å². The van der Waals surface area contributed by atoms with Crippen molar-refractivity contribution in [3.05, 3.63) is 83.7 Å². The van der Waals surface area contributed by atoms with Gasteiger partial charge in [-0.1, -0.05) is 24.6 Å². The van der Waals surface area contributed by atoms with Crippen LogP contribution in [-0.4, -0.2) is 30.8 Å². The lowest BCUT2D eigenvalue weighted by molar-refractivity contribution is -0.122. The first-order chi connectivity index (χ1) is 17.9. The monoisotopic (exact) mass is 499 g/mol. The van der Waals surface area contributed by atoms with E-state index in [2.05, 4.69) is 10.6 Å². The van der Waals surface area contributed by atoms with Gasteiger partial charge in [-0.25, -0.2) is 4.39 Å². The van der Waals surface area contributed by atoms with Gasteiger partial charge in [0.25, 0.3) is 11.8 Å². The third kappa shape index (κ3) is 4.70. The number of nitrogens with one attached hydrogen (secondary N) is 2. The summed E-state index contributed by atoms with van der Waals surface area (Å²) in [6.07, 6.45) is 2.24. The molecule has 188 valence electrons. The van der Waals surface area contributed by atoms with Crippen LogP contribution in [0.1, 0.15) is 40.0 Å². The van der Waals surface area contributed by atoms with Crippen molar-refractivity contribution in [3.63, 3.8) is 0 Å². The minimum Gasteiger partial charge on any atom is -0.455 e. The molecule has 0 saturated heterocycles. The lowest BCUT2D eigenvalue weighted by atomic mass is 9.98. The second-order valence-electron chi connectivity index (χ2n) is 9.20. The number of benzene rings is 3. The van der Waals surface area contributed by atoms with Gasteiger partial charge in [0.05, 0.1) is 11.5 Å². The van der Waals surface area contributed by atoms with Crippen LogP contribution < -0.4 is 16.4 Å². The maximum absolute atomic E-state index is 13.5. The number of carbonyl (C=O) groups excluding carboxylic acids is 3. The lowest BCUT2D eigenvalue weighted by Gasteiger charge is -2.18. The van der Waals surface area contributed by atoms with E-state index in [0.29, 0.717) is 39.8 Å². The van der Waals surface area contributed by atoms with Crippen LogP contribution in [-0.2, 0) is 4.79 Å². The summed E-state index contributed by atoms with van der Waals surface area (Å²) in [4.78, 5) is 37.5. The summed E-state index contributed by atoms with van der Waals surface area (Å²) in [5.74, 6) is -1.38. The van der Waals surface area contributed by atoms with Crippen molar-refractivity contribution in [3.8, 4) is 22.5 Å². The first kappa shape index (κ1) is 24.2. The van der Waals surface area contributed by atoms with Crippen molar-refractivity contribution in [2.24, 2.45) is 11.7 Å². The van der Waals surface area contributed by atoms with E-state index in [1.54, 1.807) is 36.4 Å². The topological polar surface area (TPSA) is 114 Å². The van der Waals surface area contributed by atoms with Crippen LogP contribution in [0, 0.1) is 11.7 Å². The Labute approximate surface area is 212 Å². The Kier molecular flexibility index (Phi) is 6.48. The summed E-state index contributed by atoms with van der Waals surface area (Å²) in [6.45, 7) is 0. The van der Waals surface area contributed by atoms with Crippen LogP contribution in [0.15, 0.2) is 71.1 Å². The molecule has 4 N–H and O–H groups in total. The second-order valence-corrected chi connectivity index (χ2v) is 9.20. The SMILES string of the molecule is CNC(=O)c1c(-c2ccc(F)cc2)oc2ccc(-c3cccc(C(=O)NC4CCCC4C(N)=O)c3)cc12. The van der Waals surface area contributed by atoms with Gasteiger partial charge in [0, 0.05) is 29.6 Å². The van der Waals surface area contributed by atoms with Crippen molar-refractivity contribution in [1.29, 1.82) is 0 Å². The van der Waals surface area contributed by atoms with E-state index in [1.165, 1.54) is 19.2 Å². The van der Waals surface area contributed by atoms with E-state index in [4.69, 9.17) is 10.2 Å². The Morgan fingerprint density at radius 2 is 1.65 bits per heavy atom. The largest absolute Gasteiger partial charge is 0.455 e. The van der Waals surface area contributed by atoms with Crippen molar-refractivity contribution in [1.82, 2.24) is 10.6 Å². The number of carbonyl (C=O) groups is 3. The third-order valence-corrected chi connectivity index (χ3v) is 6.90. The highest BCUT2D eigenvalue weighted by Crippen LogP contribution is 2.36. The van der Waals surface area contributed by atoms with Crippen molar-refractivity contribution in [2.45, 2.75) is 25.3 Å². The number of fused-ring (bicyclic) bond motifs is 1. The van der Waals surface area contributed by atoms with E-state index < -0.39 is 5.91 Å². The Morgan fingerprint density at radius 3 is 2.38 bits per heavy atom. The fraction of sp³-hybridized carbons (Fsp3) is 0.207. The first-order valence-corrected chi connectivity index (χ1v) is 12.1. The molecule has 1 fully saturated rings. The molecule has 1 aliphatic carbocycles. The van der Waals surface area contributed by atoms with Gasteiger partial charge < -0.3 is 20.8 Å². The molecule has 0 spiro atoms. The standard InChI is InChI=1S/C29H26FN3O4/c1-32-29(36)25-22-15-18(10-13-24(22)37-26(25)16-8-11-20(30)12-9-16)17-4-2-5-19(14-17)28(35)33-23-7-3-6-21(23)27(31)34/h2,4-5,8-15,21,23H,3,6-7H2,1H3,(H2,31,34)(H,32,36)(H,33,35). The van der Waals surface area contributed by atoms with Crippen LogP contribution in [0.2, 0.25) is 0 Å². The summed E-state index contributed by atoms with van der Waals surface area (Å²) in [5.41, 5.74) is 8.95. The zero-order valence-electron chi connectivity index (χ0n) is 20.2. The highest BCUT2D eigenvalue weighted by molar-refractivity contribution is 6.11. The van der Waals surface area contributed by atoms with Crippen LogP contribution in [0.3, 0.4) is 0 Å². The van der Waals surface area contributed by atoms with Gasteiger partial charge in [0.15, 0.2) is 0 Å². The normalized spacial score (nSPS) is 17.0. The molecule has 2 unspecified atom stereocenters. The number of hydrogen-bond acceptors (Lipinski definition) is 4. The fourth-order valence-electron chi connectivity index (χ4n) is 5.00. The first-order valence-electron chi connectivity index (χ1n) is 12.1. The van der Waals surface area contributed by atoms with E-state index in [-0.39, 0.29) is 29.6 Å². The molecule has 37 heavy (non-hydrogen) atoms. The molecule has 3 amide bonds. The molecule has 8 heteroatoms. The van der Waals surface area contributed by atoms with Crippen molar-refractivity contribution < 1.29 is 23.2 Å². The number of primary amides is 1. The number of rotatable bonds is 6. The van der Waals surface area contributed by atoms with Gasteiger partial charge >= 0.3 is 0 Å². The Morgan fingerprint density at radius 1 is 0.919 bits per heavy atom. The number of furan rings is 1. The Hall–Kier alpha value is -4.46. The van der Waals surface area contributed by atoms with Gasteiger partial charge in [-0.2, -0.15) is 0 Å². The number of nitrogens with two attached hydrogens (primary N) is 1. The summed E-state index contributed by atoms with van der Waals surface area (Å²) >= 11 is 0. The predicted octanol–water partition coefficient (Wildman–Crippen LogP) is 4.65. The maximum atomic E-state index is 13.5. The van der Waals surface area contributed by atoms with Gasteiger partial charge in [0.1, 0.15) is 17.2 Å². The lowest BCUT2D eigenvalue weighted by Crippen LogP contribution is -2.42. The Balaban J connectivity index is 1.50. The average Bonchev–Trinajstić information content (AvgIpc) is 3.53. The Bertz CT molecular complexity index is 1510. The third-order valence-electron chi connectivity index (χ3n) is 6.90. The molecule has 7 nitrogen and oxygen atoms in total. The molecule has 2 atom stereocenters. The number of hydrogen-bond donors (Lipinski definition) is 3. The highest BCUT2D eigenvalue weighted by atomic mass is 19.1. The summed E-state index contributed by atoms with van der Waals surface area (Å²) in [7, 11) is 1.54. The molecule has 4 aromatic rings.